The van der Waals surface area contributed by atoms with Crippen LogP contribution in [0.15, 0.2) is 0 Å². The highest BCUT2D eigenvalue weighted by Crippen LogP contribution is 2.22. The highest BCUT2D eigenvalue weighted by Gasteiger charge is 2.36. The standard InChI is InChI=1S/C12H23NO2/c1-5-10(2)11(14)12(3,4)13-6-8-15-9-7-13/h10H,5-9H2,1-4H3. The van der Waals surface area contributed by atoms with Crippen LogP contribution in [0.25, 0.3) is 0 Å². The van der Waals surface area contributed by atoms with Gasteiger partial charge in [0.15, 0.2) is 5.78 Å². The first-order valence-electron chi connectivity index (χ1n) is 5.87. The predicted molar refractivity (Wildman–Crippen MR) is 60.9 cm³/mol. The molecule has 3 nitrogen and oxygen atoms in total. The van der Waals surface area contributed by atoms with E-state index in [0.29, 0.717) is 5.78 Å². The minimum absolute atomic E-state index is 0.155. The summed E-state index contributed by atoms with van der Waals surface area (Å²) in [5.41, 5.74) is -0.334. The van der Waals surface area contributed by atoms with E-state index in [-0.39, 0.29) is 11.5 Å². The molecule has 0 radical (unpaired) electrons. The van der Waals surface area contributed by atoms with Gasteiger partial charge in [-0.2, -0.15) is 0 Å². The third kappa shape index (κ3) is 2.79. The summed E-state index contributed by atoms with van der Waals surface area (Å²) in [5, 5.41) is 0. The van der Waals surface area contributed by atoms with Gasteiger partial charge in [-0.05, 0) is 20.3 Å². The maximum Gasteiger partial charge on any atom is 0.155 e. The number of ketones is 1. The lowest BCUT2D eigenvalue weighted by molar-refractivity contribution is -0.136. The summed E-state index contributed by atoms with van der Waals surface area (Å²) in [5.74, 6) is 0.509. The Morgan fingerprint density at radius 3 is 2.40 bits per heavy atom. The molecule has 1 aliphatic heterocycles. The first-order valence-corrected chi connectivity index (χ1v) is 5.87. The van der Waals surface area contributed by atoms with E-state index in [4.69, 9.17) is 4.74 Å². The van der Waals surface area contributed by atoms with Crippen molar-refractivity contribution in [2.45, 2.75) is 39.7 Å². The van der Waals surface area contributed by atoms with Gasteiger partial charge in [-0.25, -0.2) is 0 Å². The average molecular weight is 213 g/mol. The second kappa shape index (κ2) is 5.08. The van der Waals surface area contributed by atoms with E-state index >= 15 is 0 Å². The molecule has 0 bridgehead atoms. The van der Waals surface area contributed by atoms with Crippen LogP contribution in [-0.4, -0.2) is 42.5 Å². The molecule has 0 N–H and O–H groups in total. The maximum absolute atomic E-state index is 12.2. The SMILES string of the molecule is CCC(C)C(=O)C(C)(C)N1CCOCC1. The molecule has 88 valence electrons. The first-order chi connectivity index (χ1) is 7.00. The molecule has 0 aromatic carbocycles. The van der Waals surface area contributed by atoms with Crippen molar-refractivity contribution < 1.29 is 9.53 Å². The minimum Gasteiger partial charge on any atom is -0.379 e. The Balaban J connectivity index is 2.66. The number of carbonyl (C=O) groups is 1. The van der Waals surface area contributed by atoms with Gasteiger partial charge in [-0.3, -0.25) is 9.69 Å². The van der Waals surface area contributed by atoms with Crippen LogP contribution in [0.2, 0.25) is 0 Å². The zero-order chi connectivity index (χ0) is 11.5. The van der Waals surface area contributed by atoms with E-state index in [1.54, 1.807) is 0 Å². The van der Waals surface area contributed by atoms with Crippen molar-refractivity contribution >= 4 is 5.78 Å². The minimum atomic E-state index is -0.334. The zero-order valence-corrected chi connectivity index (χ0v) is 10.4. The topological polar surface area (TPSA) is 29.5 Å². The van der Waals surface area contributed by atoms with Gasteiger partial charge in [0.1, 0.15) is 0 Å². The lowest BCUT2D eigenvalue weighted by Gasteiger charge is -2.40. The molecule has 1 rings (SSSR count). The molecule has 0 saturated carbocycles. The Bertz CT molecular complexity index is 220. The van der Waals surface area contributed by atoms with Gasteiger partial charge in [-0.15, -0.1) is 0 Å². The Labute approximate surface area is 92.8 Å². The molecule has 0 aromatic heterocycles. The smallest absolute Gasteiger partial charge is 0.155 e. The summed E-state index contributed by atoms with van der Waals surface area (Å²) in [6, 6.07) is 0. The van der Waals surface area contributed by atoms with Crippen LogP contribution in [-0.2, 0) is 9.53 Å². The first kappa shape index (κ1) is 12.7. The van der Waals surface area contributed by atoms with Gasteiger partial charge >= 0.3 is 0 Å². The molecule has 0 spiro atoms. The second-order valence-electron chi connectivity index (χ2n) is 4.83. The molecule has 1 fully saturated rings. The number of rotatable bonds is 4. The number of ether oxygens (including phenoxy) is 1. The molecule has 1 unspecified atom stereocenters. The van der Waals surface area contributed by atoms with Gasteiger partial charge < -0.3 is 4.74 Å². The van der Waals surface area contributed by atoms with Gasteiger partial charge in [0, 0.05) is 19.0 Å². The van der Waals surface area contributed by atoms with Crippen molar-refractivity contribution in [2.24, 2.45) is 5.92 Å². The molecule has 3 heteroatoms. The highest BCUT2D eigenvalue weighted by atomic mass is 16.5. The molecule has 0 aliphatic carbocycles. The van der Waals surface area contributed by atoms with Gasteiger partial charge in [0.05, 0.1) is 18.8 Å². The lowest BCUT2D eigenvalue weighted by atomic mass is 9.86. The molecule has 15 heavy (non-hydrogen) atoms. The molecular weight excluding hydrogens is 190 g/mol. The molecule has 1 saturated heterocycles. The Morgan fingerprint density at radius 2 is 1.93 bits per heavy atom. The monoisotopic (exact) mass is 213 g/mol. The fourth-order valence-electron chi connectivity index (χ4n) is 2.07. The van der Waals surface area contributed by atoms with Gasteiger partial charge in [0.25, 0.3) is 0 Å². The molecule has 1 heterocycles. The van der Waals surface area contributed by atoms with Crippen LogP contribution in [0.1, 0.15) is 34.1 Å². The quantitative estimate of drug-likeness (QED) is 0.712. The molecular formula is C12H23NO2. The van der Waals surface area contributed by atoms with E-state index in [1.807, 2.05) is 20.8 Å². The summed E-state index contributed by atoms with van der Waals surface area (Å²) in [4.78, 5) is 14.5. The van der Waals surface area contributed by atoms with Crippen molar-refractivity contribution in [3.8, 4) is 0 Å². The van der Waals surface area contributed by atoms with Crippen molar-refractivity contribution in [1.82, 2.24) is 4.90 Å². The van der Waals surface area contributed by atoms with E-state index in [0.717, 1.165) is 32.7 Å². The Kier molecular flexibility index (Phi) is 4.29. The average Bonchev–Trinajstić information content (AvgIpc) is 2.28. The van der Waals surface area contributed by atoms with Crippen LogP contribution in [0.3, 0.4) is 0 Å². The van der Waals surface area contributed by atoms with Crippen molar-refractivity contribution in [3.05, 3.63) is 0 Å². The summed E-state index contributed by atoms with van der Waals surface area (Å²) in [6.07, 6.45) is 0.923. The van der Waals surface area contributed by atoms with Crippen LogP contribution in [0, 0.1) is 5.92 Å². The van der Waals surface area contributed by atoms with Crippen molar-refractivity contribution in [2.75, 3.05) is 26.3 Å². The number of nitrogens with zero attached hydrogens (tertiary/aromatic N) is 1. The van der Waals surface area contributed by atoms with Crippen LogP contribution < -0.4 is 0 Å². The Hall–Kier alpha value is -0.410. The lowest BCUT2D eigenvalue weighted by Crippen LogP contribution is -2.55. The highest BCUT2D eigenvalue weighted by molar-refractivity contribution is 5.89. The third-order valence-electron chi connectivity index (χ3n) is 3.46. The van der Waals surface area contributed by atoms with Crippen LogP contribution >= 0.6 is 0 Å². The second-order valence-corrected chi connectivity index (χ2v) is 4.83. The molecule has 1 atom stereocenters. The molecule has 1 aliphatic rings. The number of carbonyl (C=O) groups excluding carboxylic acids is 1. The number of hydrogen-bond donors (Lipinski definition) is 0. The van der Waals surface area contributed by atoms with Gasteiger partial charge in [0.2, 0.25) is 0 Å². The van der Waals surface area contributed by atoms with E-state index < -0.39 is 0 Å². The predicted octanol–water partition coefficient (Wildman–Crippen LogP) is 1.71. The van der Waals surface area contributed by atoms with Crippen molar-refractivity contribution in [1.29, 1.82) is 0 Å². The normalized spacial score (nSPS) is 21.3. The third-order valence-corrected chi connectivity index (χ3v) is 3.46. The van der Waals surface area contributed by atoms with Crippen molar-refractivity contribution in [3.63, 3.8) is 0 Å². The number of hydrogen-bond acceptors (Lipinski definition) is 3. The molecule has 0 aromatic rings. The van der Waals surface area contributed by atoms with E-state index in [1.165, 1.54) is 0 Å². The summed E-state index contributed by atoms with van der Waals surface area (Å²) in [7, 11) is 0. The largest absolute Gasteiger partial charge is 0.379 e. The number of morpholine rings is 1. The van der Waals surface area contributed by atoms with Gasteiger partial charge in [-0.1, -0.05) is 13.8 Å². The Morgan fingerprint density at radius 1 is 1.40 bits per heavy atom. The fraction of sp³-hybridized carbons (Fsp3) is 0.917. The molecule has 0 amide bonds. The number of Topliss-reactive ketones (excluding diaryl/α,β-unsaturated/α-hetero) is 1. The summed E-state index contributed by atoms with van der Waals surface area (Å²) < 4.78 is 5.31. The van der Waals surface area contributed by atoms with E-state index in [2.05, 4.69) is 11.8 Å². The maximum atomic E-state index is 12.2. The van der Waals surface area contributed by atoms with Crippen LogP contribution in [0.4, 0.5) is 0 Å². The summed E-state index contributed by atoms with van der Waals surface area (Å²) in [6.45, 7) is 11.4. The van der Waals surface area contributed by atoms with Crippen LogP contribution in [0.5, 0.6) is 0 Å². The fourth-order valence-corrected chi connectivity index (χ4v) is 2.07. The summed E-state index contributed by atoms with van der Waals surface area (Å²) >= 11 is 0. The zero-order valence-electron chi connectivity index (χ0n) is 10.4. The van der Waals surface area contributed by atoms with E-state index in [9.17, 15) is 4.79 Å².